The van der Waals surface area contributed by atoms with Crippen molar-refractivity contribution in [1.82, 2.24) is 20.4 Å². The van der Waals surface area contributed by atoms with Gasteiger partial charge >= 0.3 is 0 Å². The number of hydrogen-bond donors (Lipinski definition) is 1. The van der Waals surface area contributed by atoms with E-state index in [4.69, 9.17) is 4.52 Å². The molecule has 1 aliphatic heterocycles. The van der Waals surface area contributed by atoms with E-state index in [0.717, 1.165) is 32.5 Å². The largest absolute Gasteiger partial charge is 0.352 e. The van der Waals surface area contributed by atoms with E-state index in [9.17, 15) is 9.18 Å². The van der Waals surface area contributed by atoms with Crippen LogP contribution in [0.1, 0.15) is 30.0 Å². The second-order valence-electron chi connectivity index (χ2n) is 7.21. The molecule has 1 saturated heterocycles. The van der Waals surface area contributed by atoms with Gasteiger partial charge in [-0.25, -0.2) is 4.39 Å². The number of carbonyl (C=O) groups is 1. The number of thiophene rings is 1. The molecule has 0 aliphatic carbocycles. The molecule has 1 atom stereocenters. The van der Waals surface area contributed by atoms with Gasteiger partial charge in [0, 0.05) is 36.9 Å². The third kappa shape index (κ3) is 5.27. The van der Waals surface area contributed by atoms with Crippen molar-refractivity contribution in [2.75, 3.05) is 13.1 Å². The molecule has 1 aliphatic rings. The molecule has 0 spiro atoms. The van der Waals surface area contributed by atoms with Crippen molar-refractivity contribution in [3.8, 4) is 11.4 Å². The SMILES string of the molecule is O=C(CCc1nc(-c2ccccc2F)no1)NC1CCCN(Cc2cccs2)C1. The number of nitrogens with zero attached hydrogens (tertiary/aromatic N) is 3. The Hall–Kier alpha value is -2.58. The average molecular weight is 415 g/mol. The van der Waals surface area contributed by atoms with E-state index >= 15 is 0 Å². The number of piperidine rings is 1. The number of carbonyl (C=O) groups excluding carboxylic acids is 1. The van der Waals surface area contributed by atoms with E-state index in [0.29, 0.717) is 17.9 Å². The molecular formula is C21H23FN4O2S. The highest BCUT2D eigenvalue weighted by Crippen LogP contribution is 2.20. The van der Waals surface area contributed by atoms with E-state index < -0.39 is 5.82 Å². The van der Waals surface area contributed by atoms with Gasteiger partial charge in [-0.2, -0.15) is 4.98 Å². The van der Waals surface area contributed by atoms with Crippen molar-refractivity contribution < 1.29 is 13.7 Å². The highest BCUT2D eigenvalue weighted by Gasteiger charge is 2.22. The monoisotopic (exact) mass is 414 g/mol. The molecule has 152 valence electrons. The first-order valence-corrected chi connectivity index (χ1v) is 10.7. The number of amides is 1. The van der Waals surface area contributed by atoms with Gasteiger partial charge in [0.1, 0.15) is 5.82 Å². The summed E-state index contributed by atoms with van der Waals surface area (Å²) < 4.78 is 19.0. The van der Waals surface area contributed by atoms with Gasteiger partial charge in [-0.05, 0) is 43.0 Å². The first kappa shape index (κ1) is 19.7. The minimum Gasteiger partial charge on any atom is -0.352 e. The van der Waals surface area contributed by atoms with Crippen LogP contribution in [0, 0.1) is 5.82 Å². The third-order valence-electron chi connectivity index (χ3n) is 4.98. The molecule has 0 radical (unpaired) electrons. The standard InChI is InChI=1S/C21H23FN4O2S/c22-18-8-2-1-7-17(18)21-24-20(28-25-21)10-9-19(27)23-15-5-3-11-26(13-15)14-16-6-4-12-29-16/h1-2,4,6-8,12,15H,3,5,9-11,13-14H2,(H,23,27). The van der Waals surface area contributed by atoms with Crippen molar-refractivity contribution >= 4 is 17.2 Å². The molecule has 1 aromatic carbocycles. The first-order valence-electron chi connectivity index (χ1n) is 9.79. The number of hydrogen-bond acceptors (Lipinski definition) is 6. The predicted octanol–water partition coefficient (Wildman–Crippen LogP) is 3.65. The van der Waals surface area contributed by atoms with Crippen LogP contribution in [0.15, 0.2) is 46.3 Å². The van der Waals surface area contributed by atoms with Crippen LogP contribution in [0.4, 0.5) is 4.39 Å². The summed E-state index contributed by atoms with van der Waals surface area (Å²) in [6, 6.07) is 10.6. The van der Waals surface area contributed by atoms with E-state index in [1.54, 1.807) is 29.5 Å². The molecule has 1 unspecified atom stereocenters. The Morgan fingerprint density at radius 3 is 3.03 bits per heavy atom. The van der Waals surface area contributed by atoms with Crippen molar-refractivity contribution in [2.45, 2.75) is 38.3 Å². The number of aromatic nitrogens is 2. The van der Waals surface area contributed by atoms with Crippen LogP contribution < -0.4 is 5.32 Å². The highest BCUT2D eigenvalue weighted by molar-refractivity contribution is 7.09. The molecule has 8 heteroatoms. The van der Waals surface area contributed by atoms with Crippen molar-refractivity contribution in [3.63, 3.8) is 0 Å². The molecule has 1 amide bonds. The minimum atomic E-state index is -0.401. The van der Waals surface area contributed by atoms with Crippen LogP contribution >= 0.6 is 11.3 Å². The highest BCUT2D eigenvalue weighted by atomic mass is 32.1. The third-order valence-corrected chi connectivity index (χ3v) is 5.84. The Morgan fingerprint density at radius 1 is 1.31 bits per heavy atom. The summed E-state index contributed by atoms with van der Waals surface area (Å²) in [4.78, 5) is 20.3. The van der Waals surface area contributed by atoms with E-state index in [1.807, 2.05) is 0 Å². The smallest absolute Gasteiger partial charge is 0.227 e. The lowest BCUT2D eigenvalue weighted by Crippen LogP contribution is -2.47. The van der Waals surface area contributed by atoms with Crippen LogP contribution in [-0.2, 0) is 17.8 Å². The lowest BCUT2D eigenvalue weighted by Gasteiger charge is -2.32. The molecule has 2 aromatic heterocycles. The Labute approximate surface area is 172 Å². The fourth-order valence-electron chi connectivity index (χ4n) is 3.57. The Balaban J connectivity index is 1.25. The zero-order valence-corrected chi connectivity index (χ0v) is 16.8. The Kier molecular flexibility index (Phi) is 6.31. The van der Waals surface area contributed by atoms with Crippen LogP contribution in [0.2, 0.25) is 0 Å². The van der Waals surface area contributed by atoms with Gasteiger partial charge in [0.2, 0.25) is 17.6 Å². The molecular weight excluding hydrogens is 391 g/mol. The maximum Gasteiger partial charge on any atom is 0.227 e. The molecule has 4 rings (SSSR count). The van der Waals surface area contributed by atoms with Crippen molar-refractivity contribution in [1.29, 1.82) is 0 Å². The fraction of sp³-hybridized carbons (Fsp3) is 0.381. The predicted molar refractivity (Wildman–Crippen MR) is 109 cm³/mol. The van der Waals surface area contributed by atoms with E-state index in [2.05, 4.69) is 37.9 Å². The van der Waals surface area contributed by atoms with Crippen molar-refractivity contribution in [3.05, 3.63) is 58.4 Å². The lowest BCUT2D eigenvalue weighted by atomic mass is 10.1. The van der Waals surface area contributed by atoms with Gasteiger partial charge in [-0.1, -0.05) is 23.4 Å². The van der Waals surface area contributed by atoms with Gasteiger partial charge in [0.05, 0.1) is 5.56 Å². The Morgan fingerprint density at radius 2 is 2.21 bits per heavy atom. The number of rotatable bonds is 7. The van der Waals surface area contributed by atoms with Gasteiger partial charge in [-0.15, -0.1) is 11.3 Å². The average Bonchev–Trinajstić information content (AvgIpc) is 3.39. The lowest BCUT2D eigenvalue weighted by molar-refractivity contribution is -0.122. The van der Waals surface area contributed by atoms with Crippen LogP contribution in [0.5, 0.6) is 0 Å². The molecule has 29 heavy (non-hydrogen) atoms. The zero-order valence-electron chi connectivity index (χ0n) is 16.0. The van der Waals surface area contributed by atoms with Crippen molar-refractivity contribution in [2.24, 2.45) is 0 Å². The second-order valence-corrected chi connectivity index (χ2v) is 8.24. The van der Waals surface area contributed by atoms with E-state index in [-0.39, 0.29) is 24.2 Å². The summed E-state index contributed by atoms with van der Waals surface area (Å²) in [5, 5.41) is 9.03. The summed E-state index contributed by atoms with van der Waals surface area (Å²) in [5.74, 6) is 0.108. The van der Waals surface area contributed by atoms with Crippen LogP contribution in [0.25, 0.3) is 11.4 Å². The summed E-state index contributed by atoms with van der Waals surface area (Å²) in [7, 11) is 0. The zero-order chi connectivity index (χ0) is 20.1. The first-order chi connectivity index (χ1) is 14.2. The summed E-state index contributed by atoms with van der Waals surface area (Å²) in [6.07, 6.45) is 2.66. The molecule has 1 N–H and O–H groups in total. The number of nitrogens with one attached hydrogen (secondary N) is 1. The maximum absolute atomic E-state index is 13.8. The number of aryl methyl sites for hydroxylation is 1. The van der Waals surface area contributed by atoms with E-state index in [1.165, 1.54) is 10.9 Å². The topological polar surface area (TPSA) is 71.3 Å². The molecule has 0 bridgehead atoms. The quantitative estimate of drug-likeness (QED) is 0.639. The summed E-state index contributed by atoms with van der Waals surface area (Å²) >= 11 is 1.76. The number of likely N-dealkylation sites (tertiary alicyclic amines) is 1. The fourth-order valence-corrected chi connectivity index (χ4v) is 4.31. The van der Waals surface area contributed by atoms with Crippen LogP contribution in [-0.4, -0.2) is 40.1 Å². The summed E-state index contributed by atoms with van der Waals surface area (Å²) in [5.41, 5.74) is 0.292. The normalized spacial score (nSPS) is 17.3. The van der Waals surface area contributed by atoms with Gasteiger partial charge in [0.25, 0.3) is 0 Å². The van der Waals surface area contributed by atoms with Gasteiger partial charge in [-0.3, -0.25) is 9.69 Å². The molecule has 6 nitrogen and oxygen atoms in total. The molecule has 0 saturated carbocycles. The molecule has 3 aromatic rings. The van der Waals surface area contributed by atoms with Crippen LogP contribution in [0.3, 0.4) is 0 Å². The number of benzene rings is 1. The summed E-state index contributed by atoms with van der Waals surface area (Å²) in [6.45, 7) is 2.86. The number of halogens is 1. The van der Waals surface area contributed by atoms with Gasteiger partial charge in [0.15, 0.2) is 0 Å². The molecule has 3 heterocycles. The minimum absolute atomic E-state index is 0.0291. The second kappa shape index (κ2) is 9.28. The Bertz CT molecular complexity index is 944. The van der Waals surface area contributed by atoms with Gasteiger partial charge < -0.3 is 9.84 Å². The molecule has 1 fully saturated rings. The maximum atomic E-state index is 13.8.